The number of sulfone groups is 2. The van der Waals surface area contributed by atoms with E-state index in [1.165, 1.54) is 31.4 Å². The lowest BCUT2D eigenvalue weighted by molar-refractivity contribution is -0.110. The molecule has 3 aromatic rings. The second-order valence-electron chi connectivity index (χ2n) is 7.54. The summed E-state index contributed by atoms with van der Waals surface area (Å²) < 4.78 is 57.5. The lowest BCUT2D eigenvalue weighted by Gasteiger charge is -2.11. The summed E-state index contributed by atoms with van der Waals surface area (Å²) >= 11 is 0. The zero-order valence-electron chi connectivity index (χ0n) is 18.8. The van der Waals surface area contributed by atoms with Crippen LogP contribution in [-0.4, -0.2) is 40.5 Å². The van der Waals surface area contributed by atoms with Crippen LogP contribution in [0.1, 0.15) is 11.1 Å². The molecule has 0 aliphatic heterocycles. The molecular weight excluding hydrogens is 476 g/mol. The molecule has 0 aliphatic carbocycles. The number of hydrazone groups is 1. The molecule has 3 rings (SSSR count). The Morgan fingerprint density at radius 1 is 0.824 bits per heavy atom. The molecule has 10 heteroatoms. The summed E-state index contributed by atoms with van der Waals surface area (Å²) in [5, 5.41) is 2.93. The van der Waals surface area contributed by atoms with Crippen LogP contribution in [0.4, 0.5) is 5.69 Å². The Balaban J connectivity index is 2.04. The maximum Gasteiger partial charge on any atom is 0.229 e. The third-order valence-electron chi connectivity index (χ3n) is 4.91. The van der Waals surface area contributed by atoms with E-state index in [1.54, 1.807) is 62.4 Å². The summed E-state index contributed by atoms with van der Waals surface area (Å²) in [6, 6.07) is 18.3. The van der Waals surface area contributed by atoms with Gasteiger partial charge in [-0.2, -0.15) is 5.10 Å². The number of anilines is 1. The number of para-hydroxylation sites is 2. The van der Waals surface area contributed by atoms with E-state index in [0.717, 1.165) is 11.1 Å². The summed E-state index contributed by atoms with van der Waals surface area (Å²) in [4.78, 5) is 12.8. The average Bonchev–Trinajstić information content (AvgIpc) is 2.79. The molecule has 0 bridgehead atoms. The number of aryl methyl sites for hydroxylation is 2. The zero-order valence-corrected chi connectivity index (χ0v) is 20.5. The highest BCUT2D eigenvalue weighted by molar-refractivity contribution is 8.08. The molecule has 0 aromatic heterocycles. The molecule has 0 spiro atoms. The highest BCUT2D eigenvalue weighted by Gasteiger charge is 2.33. The van der Waals surface area contributed by atoms with Gasteiger partial charge >= 0.3 is 0 Å². The smallest absolute Gasteiger partial charge is 0.229 e. The van der Waals surface area contributed by atoms with Gasteiger partial charge in [0, 0.05) is 0 Å². The number of carbonyl (C=O) groups is 1. The number of rotatable bonds is 8. The van der Waals surface area contributed by atoms with Gasteiger partial charge in [0.25, 0.3) is 0 Å². The first-order valence-corrected chi connectivity index (χ1v) is 13.3. The van der Waals surface area contributed by atoms with Crippen LogP contribution >= 0.6 is 0 Å². The highest BCUT2D eigenvalue weighted by Crippen LogP contribution is 2.24. The number of hydrogen-bond acceptors (Lipinski definition) is 8. The van der Waals surface area contributed by atoms with Crippen LogP contribution in [0.5, 0.6) is 5.75 Å². The van der Waals surface area contributed by atoms with Crippen LogP contribution in [0.25, 0.3) is 0 Å². The fourth-order valence-electron chi connectivity index (χ4n) is 3.01. The van der Waals surface area contributed by atoms with Gasteiger partial charge in [-0.1, -0.05) is 47.5 Å². The van der Waals surface area contributed by atoms with Crippen molar-refractivity contribution in [2.24, 2.45) is 5.10 Å². The van der Waals surface area contributed by atoms with Crippen molar-refractivity contribution < 1.29 is 26.4 Å². The fourth-order valence-corrected chi connectivity index (χ4v) is 5.56. The predicted octanol–water partition coefficient (Wildman–Crippen LogP) is 3.55. The zero-order chi connectivity index (χ0) is 24.9. The van der Waals surface area contributed by atoms with E-state index in [9.17, 15) is 21.6 Å². The molecule has 0 unspecified atom stereocenters. The van der Waals surface area contributed by atoms with Gasteiger partial charge in [-0.3, -0.25) is 10.2 Å². The van der Waals surface area contributed by atoms with Crippen molar-refractivity contribution in [1.82, 2.24) is 0 Å². The van der Waals surface area contributed by atoms with Crippen molar-refractivity contribution in [1.29, 1.82) is 0 Å². The van der Waals surface area contributed by atoms with Crippen LogP contribution in [0, 0.1) is 13.8 Å². The fraction of sp³-hybridized carbons (Fsp3) is 0.167. The Hall–Kier alpha value is -3.50. The number of ether oxygens (including phenoxy) is 1. The van der Waals surface area contributed by atoms with E-state index in [0.29, 0.717) is 11.4 Å². The molecule has 1 N–H and O–H groups in total. The molecule has 0 amide bonds. The molecular formula is C24H24N2O6S2. The summed E-state index contributed by atoms with van der Waals surface area (Å²) in [5.74, 6) is -1.87. The normalized spacial score (nSPS) is 12.3. The molecule has 0 aliphatic rings. The summed E-state index contributed by atoms with van der Waals surface area (Å²) in [7, 11) is -7.12. The van der Waals surface area contributed by atoms with E-state index in [1.807, 2.05) is 0 Å². The van der Waals surface area contributed by atoms with E-state index < -0.39 is 36.3 Å². The van der Waals surface area contributed by atoms with Gasteiger partial charge in [0.05, 0.1) is 22.6 Å². The van der Waals surface area contributed by atoms with E-state index in [2.05, 4.69) is 10.5 Å². The number of carbonyl (C=O) groups excluding carboxylic acids is 1. The van der Waals surface area contributed by atoms with Crippen LogP contribution in [0.2, 0.25) is 0 Å². The molecule has 0 heterocycles. The highest BCUT2D eigenvalue weighted by atomic mass is 32.2. The summed E-state index contributed by atoms with van der Waals surface area (Å²) in [5.41, 5.74) is 4.50. The number of nitrogens with one attached hydrogen (secondary N) is 1. The van der Waals surface area contributed by atoms with Crippen molar-refractivity contribution in [3.05, 3.63) is 83.9 Å². The van der Waals surface area contributed by atoms with Crippen molar-refractivity contribution in [2.45, 2.75) is 23.6 Å². The molecule has 0 saturated carbocycles. The SMILES string of the molecule is COc1ccccc1N/N=C(\C(=O)CS(=O)(=O)c1ccc(C)cc1)S(=O)(=O)c1ccc(C)cc1. The topological polar surface area (TPSA) is 119 Å². The van der Waals surface area contributed by atoms with Crippen LogP contribution in [0.3, 0.4) is 0 Å². The average molecular weight is 501 g/mol. The second kappa shape index (κ2) is 10.2. The lowest BCUT2D eigenvalue weighted by atomic mass is 10.2. The minimum absolute atomic E-state index is 0.0868. The largest absolute Gasteiger partial charge is 0.495 e. The number of nitrogens with zero attached hydrogens (tertiary/aromatic N) is 1. The van der Waals surface area contributed by atoms with Crippen LogP contribution in [0.15, 0.2) is 87.7 Å². The maximum atomic E-state index is 13.3. The number of hydrogen-bond donors (Lipinski definition) is 1. The van der Waals surface area contributed by atoms with Gasteiger partial charge in [0.2, 0.25) is 20.7 Å². The van der Waals surface area contributed by atoms with Gasteiger partial charge in [-0.05, 0) is 50.2 Å². The molecule has 0 atom stereocenters. The predicted molar refractivity (Wildman–Crippen MR) is 131 cm³/mol. The van der Waals surface area contributed by atoms with Crippen molar-refractivity contribution in [3.63, 3.8) is 0 Å². The molecule has 0 radical (unpaired) electrons. The third-order valence-corrected chi connectivity index (χ3v) is 8.26. The number of benzene rings is 3. The number of methoxy groups -OCH3 is 1. The first kappa shape index (κ1) is 25.1. The summed E-state index contributed by atoms with van der Waals surface area (Å²) in [6.07, 6.45) is 0. The van der Waals surface area contributed by atoms with Crippen molar-refractivity contribution >= 4 is 36.2 Å². The van der Waals surface area contributed by atoms with Crippen LogP contribution < -0.4 is 10.2 Å². The molecule has 0 fully saturated rings. The second-order valence-corrected chi connectivity index (χ2v) is 11.4. The Kier molecular flexibility index (Phi) is 7.53. The minimum atomic E-state index is -4.44. The lowest BCUT2D eigenvalue weighted by Crippen LogP contribution is -2.31. The Labute approximate surface area is 199 Å². The van der Waals surface area contributed by atoms with Gasteiger partial charge in [-0.25, -0.2) is 16.8 Å². The Morgan fingerprint density at radius 2 is 1.35 bits per heavy atom. The molecule has 8 nitrogen and oxygen atoms in total. The van der Waals surface area contributed by atoms with E-state index >= 15 is 0 Å². The Morgan fingerprint density at radius 3 is 1.91 bits per heavy atom. The first-order valence-electron chi connectivity index (χ1n) is 10.2. The molecule has 0 saturated heterocycles. The number of Topliss-reactive ketones (excluding diaryl/α,β-unsaturated/α-hetero) is 1. The summed E-state index contributed by atoms with van der Waals surface area (Å²) in [6.45, 7) is 3.58. The van der Waals surface area contributed by atoms with Crippen molar-refractivity contribution in [3.8, 4) is 5.75 Å². The van der Waals surface area contributed by atoms with E-state index in [4.69, 9.17) is 4.74 Å². The maximum absolute atomic E-state index is 13.3. The van der Waals surface area contributed by atoms with Crippen molar-refractivity contribution in [2.75, 3.05) is 18.3 Å². The molecule has 178 valence electrons. The molecule has 34 heavy (non-hydrogen) atoms. The minimum Gasteiger partial charge on any atom is -0.495 e. The third kappa shape index (κ3) is 5.70. The monoisotopic (exact) mass is 500 g/mol. The van der Waals surface area contributed by atoms with E-state index in [-0.39, 0.29) is 9.79 Å². The van der Waals surface area contributed by atoms with Gasteiger partial charge < -0.3 is 4.74 Å². The Bertz CT molecular complexity index is 1430. The van der Waals surface area contributed by atoms with Crippen LogP contribution in [-0.2, 0) is 24.5 Å². The van der Waals surface area contributed by atoms with Gasteiger partial charge in [-0.15, -0.1) is 0 Å². The van der Waals surface area contributed by atoms with Gasteiger partial charge in [0.15, 0.2) is 9.84 Å². The first-order chi connectivity index (χ1) is 16.0. The number of ketones is 1. The quantitative estimate of drug-likeness (QED) is 0.285. The standard InChI is InChI=1S/C24H24N2O6S2/c1-17-8-12-19(13-9-17)33(28,29)16-22(27)24(26-25-21-6-4-5-7-23(21)32-3)34(30,31)20-14-10-18(2)11-15-20/h4-15,25H,16H2,1-3H3/b26-24+. The van der Waals surface area contributed by atoms with Gasteiger partial charge in [0.1, 0.15) is 11.5 Å². The molecule has 3 aromatic carbocycles.